The van der Waals surface area contributed by atoms with Gasteiger partial charge in [0.05, 0.1) is 12.2 Å². The fourth-order valence-corrected chi connectivity index (χ4v) is 1.90. The standard InChI is InChI=1S/C8H8O5.2Na/c9-7(10)5-3-1-2-4(13-3)6(5)8(11)12;;/h1-6H,(H,9,10)(H,11,12);;/t3-,4+,5+,6-;;. The molecule has 0 aliphatic carbocycles. The Hall–Kier alpha value is 0.640. The van der Waals surface area contributed by atoms with Gasteiger partial charge in [-0.15, -0.1) is 0 Å². The molecule has 2 heterocycles. The number of aliphatic carboxylic acids is 2. The summed E-state index contributed by atoms with van der Waals surface area (Å²) < 4.78 is 5.15. The van der Waals surface area contributed by atoms with E-state index in [1.807, 2.05) is 0 Å². The summed E-state index contributed by atoms with van der Waals surface area (Å²) in [5, 5.41) is 17.6. The molecule has 5 nitrogen and oxygen atoms in total. The van der Waals surface area contributed by atoms with Crippen LogP contribution in [0.25, 0.3) is 0 Å². The molecule has 2 radical (unpaired) electrons. The Balaban J connectivity index is 0.000000980. The summed E-state index contributed by atoms with van der Waals surface area (Å²) in [5.74, 6) is -4.09. The second-order valence-electron chi connectivity index (χ2n) is 3.18. The fourth-order valence-electron chi connectivity index (χ4n) is 1.90. The molecular weight excluding hydrogens is 222 g/mol. The van der Waals surface area contributed by atoms with Gasteiger partial charge in [0.25, 0.3) is 0 Å². The van der Waals surface area contributed by atoms with Gasteiger partial charge in [-0.25, -0.2) is 0 Å². The molecule has 72 valence electrons. The number of fused-ring (bicyclic) bond motifs is 2. The molecule has 0 spiro atoms. The van der Waals surface area contributed by atoms with Crippen molar-refractivity contribution in [3.05, 3.63) is 12.2 Å². The molecule has 7 heteroatoms. The molecule has 0 amide bonds. The molecule has 2 bridgehead atoms. The summed E-state index contributed by atoms with van der Waals surface area (Å²) in [6, 6.07) is 0. The van der Waals surface area contributed by atoms with E-state index in [-0.39, 0.29) is 59.1 Å². The van der Waals surface area contributed by atoms with E-state index >= 15 is 0 Å². The van der Waals surface area contributed by atoms with Crippen LogP contribution in [0.4, 0.5) is 0 Å². The maximum absolute atomic E-state index is 10.7. The van der Waals surface area contributed by atoms with Crippen LogP contribution < -0.4 is 0 Å². The zero-order chi connectivity index (χ0) is 9.59. The van der Waals surface area contributed by atoms with Crippen molar-refractivity contribution < 1.29 is 24.5 Å². The van der Waals surface area contributed by atoms with Gasteiger partial charge in [0.15, 0.2) is 0 Å². The van der Waals surface area contributed by atoms with Gasteiger partial charge in [0, 0.05) is 59.1 Å². The third kappa shape index (κ3) is 2.66. The Labute approximate surface area is 130 Å². The number of carboxylic acids is 2. The minimum Gasteiger partial charge on any atom is -0.481 e. The molecular formula is C8H8Na2O5. The van der Waals surface area contributed by atoms with Crippen molar-refractivity contribution in [2.75, 3.05) is 0 Å². The molecule has 1 fully saturated rings. The van der Waals surface area contributed by atoms with E-state index in [2.05, 4.69) is 0 Å². The Morgan fingerprint density at radius 1 is 0.933 bits per heavy atom. The van der Waals surface area contributed by atoms with Crippen molar-refractivity contribution in [2.45, 2.75) is 12.2 Å². The molecule has 0 unspecified atom stereocenters. The average Bonchev–Trinajstić information content (AvgIpc) is 2.60. The second-order valence-corrected chi connectivity index (χ2v) is 3.18. The quantitative estimate of drug-likeness (QED) is 0.467. The molecule has 0 aromatic rings. The average molecular weight is 230 g/mol. The van der Waals surface area contributed by atoms with Crippen LogP contribution in [0.1, 0.15) is 0 Å². The first-order valence-corrected chi connectivity index (χ1v) is 3.90. The van der Waals surface area contributed by atoms with Crippen LogP contribution in [0.15, 0.2) is 12.2 Å². The van der Waals surface area contributed by atoms with Crippen molar-refractivity contribution >= 4 is 71.1 Å². The van der Waals surface area contributed by atoms with Gasteiger partial charge in [-0.1, -0.05) is 12.2 Å². The first kappa shape index (κ1) is 15.6. The van der Waals surface area contributed by atoms with Gasteiger partial charge in [-0.2, -0.15) is 0 Å². The van der Waals surface area contributed by atoms with Crippen LogP contribution in [0.3, 0.4) is 0 Å². The van der Waals surface area contributed by atoms with E-state index in [9.17, 15) is 9.59 Å². The monoisotopic (exact) mass is 230 g/mol. The minimum atomic E-state index is -1.11. The van der Waals surface area contributed by atoms with Crippen LogP contribution in [-0.4, -0.2) is 93.5 Å². The van der Waals surface area contributed by atoms with Gasteiger partial charge in [0.2, 0.25) is 0 Å². The van der Waals surface area contributed by atoms with Gasteiger partial charge >= 0.3 is 11.9 Å². The summed E-state index contributed by atoms with van der Waals surface area (Å²) in [6.45, 7) is 0. The first-order chi connectivity index (χ1) is 6.11. The van der Waals surface area contributed by atoms with Crippen molar-refractivity contribution in [2.24, 2.45) is 11.8 Å². The van der Waals surface area contributed by atoms with E-state index in [0.717, 1.165) is 0 Å². The SMILES string of the molecule is O=C(O)[C@@H]1[C@H](C(=O)O)[C@@H]2C=C[C@H]1O2.[Na].[Na]. The van der Waals surface area contributed by atoms with Crippen molar-refractivity contribution in [1.82, 2.24) is 0 Å². The zero-order valence-electron chi connectivity index (χ0n) is 8.58. The first-order valence-electron chi connectivity index (χ1n) is 3.90. The largest absolute Gasteiger partial charge is 0.481 e. The smallest absolute Gasteiger partial charge is 0.310 e. The summed E-state index contributed by atoms with van der Waals surface area (Å²) in [4.78, 5) is 21.5. The summed E-state index contributed by atoms with van der Waals surface area (Å²) >= 11 is 0. The molecule has 15 heavy (non-hydrogen) atoms. The number of carbonyl (C=O) groups is 2. The predicted octanol–water partition coefficient (Wildman–Crippen LogP) is -1.04. The maximum Gasteiger partial charge on any atom is 0.310 e. The summed E-state index contributed by atoms with van der Waals surface area (Å²) in [5.41, 5.74) is 0. The Bertz CT molecular complexity index is 275. The van der Waals surface area contributed by atoms with Crippen LogP contribution in [0.5, 0.6) is 0 Å². The Morgan fingerprint density at radius 3 is 1.53 bits per heavy atom. The molecule has 2 aliphatic heterocycles. The molecule has 0 saturated carbocycles. The van der Waals surface area contributed by atoms with Crippen LogP contribution >= 0.6 is 0 Å². The van der Waals surface area contributed by atoms with Gasteiger partial charge < -0.3 is 14.9 Å². The number of ether oxygens (including phenoxy) is 1. The molecule has 4 atom stereocenters. The topological polar surface area (TPSA) is 83.8 Å². The van der Waals surface area contributed by atoms with E-state index in [4.69, 9.17) is 14.9 Å². The molecule has 0 aromatic carbocycles. The van der Waals surface area contributed by atoms with E-state index < -0.39 is 36.0 Å². The molecule has 2 rings (SSSR count). The Kier molecular flexibility index (Phi) is 6.06. The molecule has 2 N–H and O–H groups in total. The number of hydrogen-bond donors (Lipinski definition) is 2. The molecule has 0 aromatic heterocycles. The third-order valence-electron chi connectivity index (χ3n) is 2.47. The van der Waals surface area contributed by atoms with Crippen LogP contribution in [0, 0.1) is 11.8 Å². The summed E-state index contributed by atoms with van der Waals surface area (Å²) in [6.07, 6.45) is 2.10. The van der Waals surface area contributed by atoms with E-state index in [0.29, 0.717) is 0 Å². The number of carboxylic acid groups (broad SMARTS) is 2. The van der Waals surface area contributed by atoms with Gasteiger partial charge in [-0.3, -0.25) is 9.59 Å². The second kappa shape index (κ2) is 5.82. The summed E-state index contributed by atoms with van der Waals surface area (Å²) in [7, 11) is 0. The van der Waals surface area contributed by atoms with E-state index in [1.165, 1.54) is 0 Å². The predicted molar refractivity (Wildman–Crippen MR) is 51.6 cm³/mol. The number of rotatable bonds is 2. The van der Waals surface area contributed by atoms with E-state index in [1.54, 1.807) is 12.2 Å². The molecule has 1 saturated heterocycles. The van der Waals surface area contributed by atoms with Crippen LogP contribution in [0.2, 0.25) is 0 Å². The van der Waals surface area contributed by atoms with Crippen molar-refractivity contribution in [1.29, 1.82) is 0 Å². The van der Waals surface area contributed by atoms with Crippen LogP contribution in [-0.2, 0) is 14.3 Å². The van der Waals surface area contributed by atoms with Gasteiger partial charge in [-0.05, 0) is 0 Å². The third-order valence-corrected chi connectivity index (χ3v) is 2.47. The zero-order valence-corrected chi connectivity index (χ0v) is 12.6. The normalized spacial score (nSPS) is 35.5. The minimum absolute atomic E-state index is 0. The number of hydrogen-bond acceptors (Lipinski definition) is 3. The maximum atomic E-state index is 10.7. The van der Waals surface area contributed by atoms with Gasteiger partial charge in [0.1, 0.15) is 11.8 Å². The van der Waals surface area contributed by atoms with Crippen molar-refractivity contribution in [3.63, 3.8) is 0 Å². The van der Waals surface area contributed by atoms with Crippen molar-refractivity contribution in [3.8, 4) is 0 Å². The fraction of sp³-hybridized carbons (Fsp3) is 0.500. The Morgan fingerprint density at radius 2 is 1.27 bits per heavy atom. The molecule has 2 aliphatic rings.